The maximum atomic E-state index is 5.62. The van der Waals surface area contributed by atoms with Gasteiger partial charge in [-0.2, -0.15) is 0 Å². The maximum absolute atomic E-state index is 5.62. The Morgan fingerprint density at radius 3 is 2.71 bits per heavy atom. The zero-order chi connectivity index (χ0) is 12.9. The van der Waals surface area contributed by atoms with E-state index in [4.69, 9.17) is 9.26 Å². The lowest BCUT2D eigenvalue weighted by molar-refractivity contribution is -0.0241. The van der Waals surface area contributed by atoms with Gasteiger partial charge in [-0.1, -0.05) is 19.0 Å². The molecule has 0 spiro atoms. The van der Waals surface area contributed by atoms with Crippen LogP contribution in [0.5, 0.6) is 0 Å². The SMILES string of the molecule is CC(C)CNCc1cc(COC(C)(C)C)on1. The lowest BCUT2D eigenvalue weighted by Gasteiger charge is -2.17. The summed E-state index contributed by atoms with van der Waals surface area (Å²) < 4.78 is 10.8. The van der Waals surface area contributed by atoms with Crippen LogP contribution in [0.15, 0.2) is 10.6 Å². The van der Waals surface area contributed by atoms with Gasteiger partial charge >= 0.3 is 0 Å². The highest BCUT2D eigenvalue weighted by Crippen LogP contribution is 2.12. The van der Waals surface area contributed by atoms with E-state index in [1.165, 1.54) is 0 Å². The number of hydrogen-bond donors (Lipinski definition) is 1. The molecule has 1 heterocycles. The summed E-state index contributed by atoms with van der Waals surface area (Å²) in [5.41, 5.74) is 0.779. The predicted octanol–water partition coefficient (Wildman–Crippen LogP) is 2.74. The van der Waals surface area contributed by atoms with Crippen LogP contribution in [0.25, 0.3) is 0 Å². The van der Waals surface area contributed by atoms with E-state index in [1.807, 2.05) is 26.8 Å². The molecule has 0 bridgehead atoms. The molecule has 0 aliphatic heterocycles. The van der Waals surface area contributed by atoms with E-state index in [0.717, 1.165) is 24.5 Å². The van der Waals surface area contributed by atoms with Crippen LogP contribution in [0.1, 0.15) is 46.1 Å². The standard InChI is InChI=1S/C13H24N2O2/c1-10(2)7-14-8-11-6-12(17-15-11)9-16-13(3,4)5/h6,10,14H,7-9H2,1-5H3. The van der Waals surface area contributed by atoms with E-state index in [-0.39, 0.29) is 5.60 Å². The predicted molar refractivity (Wildman–Crippen MR) is 67.6 cm³/mol. The lowest BCUT2D eigenvalue weighted by atomic mass is 10.2. The smallest absolute Gasteiger partial charge is 0.162 e. The van der Waals surface area contributed by atoms with Crippen molar-refractivity contribution < 1.29 is 9.26 Å². The number of ether oxygens (including phenoxy) is 1. The van der Waals surface area contributed by atoms with Crippen LogP contribution in [0.3, 0.4) is 0 Å². The summed E-state index contributed by atoms with van der Waals surface area (Å²) >= 11 is 0. The van der Waals surface area contributed by atoms with Gasteiger partial charge in [0, 0.05) is 12.6 Å². The number of nitrogens with one attached hydrogen (secondary N) is 1. The van der Waals surface area contributed by atoms with Gasteiger partial charge < -0.3 is 14.6 Å². The van der Waals surface area contributed by atoms with Gasteiger partial charge in [0.25, 0.3) is 0 Å². The second kappa shape index (κ2) is 6.17. The van der Waals surface area contributed by atoms with Crippen molar-refractivity contribution in [1.82, 2.24) is 10.5 Å². The summed E-state index contributed by atoms with van der Waals surface area (Å²) in [6.45, 7) is 12.6. The fraction of sp³-hybridized carbons (Fsp3) is 0.769. The number of nitrogens with zero attached hydrogens (tertiary/aromatic N) is 1. The Labute approximate surface area is 104 Å². The van der Waals surface area contributed by atoms with Gasteiger partial charge in [0.15, 0.2) is 5.76 Å². The van der Waals surface area contributed by atoms with Crippen molar-refractivity contribution in [2.45, 2.75) is 53.4 Å². The molecule has 0 atom stereocenters. The van der Waals surface area contributed by atoms with Crippen molar-refractivity contribution in [3.05, 3.63) is 17.5 Å². The summed E-state index contributed by atoms with van der Waals surface area (Å²) in [4.78, 5) is 0. The largest absolute Gasteiger partial charge is 0.368 e. The average molecular weight is 240 g/mol. The van der Waals surface area contributed by atoms with Crippen molar-refractivity contribution in [3.8, 4) is 0 Å². The normalized spacial score (nSPS) is 12.4. The monoisotopic (exact) mass is 240 g/mol. The molecule has 1 aromatic heterocycles. The topological polar surface area (TPSA) is 47.3 Å². The molecule has 0 saturated carbocycles. The van der Waals surface area contributed by atoms with Gasteiger partial charge in [0.2, 0.25) is 0 Å². The first-order valence-electron chi connectivity index (χ1n) is 6.16. The van der Waals surface area contributed by atoms with Crippen molar-refractivity contribution in [3.63, 3.8) is 0 Å². The van der Waals surface area contributed by atoms with Crippen molar-refractivity contribution in [2.24, 2.45) is 5.92 Å². The molecule has 0 saturated heterocycles. The second-order valence-corrected chi connectivity index (χ2v) is 5.71. The van der Waals surface area contributed by atoms with E-state index in [9.17, 15) is 0 Å². The van der Waals surface area contributed by atoms with Crippen LogP contribution in [0.2, 0.25) is 0 Å². The van der Waals surface area contributed by atoms with Gasteiger partial charge in [-0.3, -0.25) is 0 Å². The molecule has 1 aromatic rings. The summed E-state index contributed by atoms with van der Waals surface area (Å²) in [5.74, 6) is 1.42. The first-order valence-corrected chi connectivity index (χ1v) is 6.16. The number of rotatable bonds is 6. The highest BCUT2D eigenvalue weighted by Gasteiger charge is 2.12. The number of aromatic nitrogens is 1. The molecule has 17 heavy (non-hydrogen) atoms. The summed E-state index contributed by atoms with van der Waals surface area (Å²) in [5, 5.41) is 7.32. The van der Waals surface area contributed by atoms with Gasteiger partial charge in [0.05, 0.1) is 11.3 Å². The Morgan fingerprint density at radius 1 is 1.41 bits per heavy atom. The first kappa shape index (κ1) is 14.2. The molecule has 0 radical (unpaired) electrons. The van der Waals surface area contributed by atoms with E-state index in [2.05, 4.69) is 24.3 Å². The average Bonchev–Trinajstić information content (AvgIpc) is 2.61. The van der Waals surface area contributed by atoms with Crippen LogP contribution in [-0.4, -0.2) is 17.3 Å². The second-order valence-electron chi connectivity index (χ2n) is 5.71. The highest BCUT2D eigenvalue weighted by molar-refractivity contribution is 5.04. The van der Waals surface area contributed by atoms with Gasteiger partial charge in [-0.25, -0.2) is 0 Å². The third kappa shape index (κ3) is 6.44. The summed E-state index contributed by atoms with van der Waals surface area (Å²) in [7, 11) is 0. The fourth-order valence-corrected chi connectivity index (χ4v) is 1.28. The van der Waals surface area contributed by atoms with Crippen LogP contribution >= 0.6 is 0 Å². The molecule has 0 fully saturated rings. The van der Waals surface area contributed by atoms with E-state index in [1.54, 1.807) is 0 Å². The quantitative estimate of drug-likeness (QED) is 0.830. The molecule has 0 aliphatic carbocycles. The third-order valence-corrected chi connectivity index (χ3v) is 2.11. The zero-order valence-electron chi connectivity index (χ0n) is 11.5. The fourth-order valence-electron chi connectivity index (χ4n) is 1.28. The minimum absolute atomic E-state index is 0.150. The molecule has 98 valence electrons. The van der Waals surface area contributed by atoms with Crippen LogP contribution in [0.4, 0.5) is 0 Å². The van der Waals surface area contributed by atoms with Gasteiger partial charge in [-0.15, -0.1) is 0 Å². The third-order valence-electron chi connectivity index (χ3n) is 2.11. The van der Waals surface area contributed by atoms with E-state index < -0.39 is 0 Å². The van der Waals surface area contributed by atoms with E-state index >= 15 is 0 Å². The molecule has 0 aromatic carbocycles. The Balaban J connectivity index is 2.32. The molecular weight excluding hydrogens is 216 g/mol. The Kier molecular flexibility index (Phi) is 5.15. The van der Waals surface area contributed by atoms with Crippen molar-refractivity contribution in [2.75, 3.05) is 6.54 Å². The molecule has 4 heteroatoms. The first-order chi connectivity index (χ1) is 7.87. The summed E-state index contributed by atoms with van der Waals surface area (Å²) in [6.07, 6.45) is 0. The van der Waals surface area contributed by atoms with Crippen molar-refractivity contribution >= 4 is 0 Å². The van der Waals surface area contributed by atoms with Crippen LogP contribution < -0.4 is 5.32 Å². The number of hydrogen-bond acceptors (Lipinski definition) is 4. The maximum Gasteiger partial charge on any atom is 0.162 e. The molecule has 0 unspecified atom stereocenters. The van der Waals surface area contributed by atoms with Crippen LogP contribution in [-0.2, 0) is 17.9 Å². The lowest BCUT2D eigenvalue weighted by Crippen LogP contribution is -2.19. The van der Waals surface area contributed by atoms with Gasteiger partial charge in [-0.05, 0) is 33.2 Å². The minimum atomic E-state index is -0.150. The Bertz CT molecular complexity index is 326. The molecule has 4 nitrogen and oxygen atoms in total. The summed E-state index contributed by atoms with van der Waals surface area (Å²) in [6, 6.07) is 1.94. The molecule has 1 rings (SSSR count). The Morgan fingerprint density at radius 2 is 2.12 bits per heavy atom. The minimum Gasteiger partial charge on any atom is -0.368 e. The Hall–Kier alpha value is -0.870. The highest BCUT2D eigenvalue weighted by atomic mass is 16.5. The van der Waals surface area contributed by atoms with Crippen molar-refractivity contribution in [1.29, 1.82) is 0 Å². The van der Waals surface area contributed by atoms with E-state index in [0.29, 0.717) is 12.5 Å². The molecular formula is C13H24N2O2. The molecule has 0 aliphatic rings. The molecule has 1 N–H and O–H groups in total. The van der Waals surface area contributed by atoms with Gasteiger partial charge in [0.1, 0.15) is 6.61 Å². The molecule has 0 amide bonds. The van der Waals surface area contributed by atoms with Crippen LogP contribution in [0, 0.1) is 5.92 Å². The zero-order valence-corrected chi connectivity index (χ0v) is 11.5.